The van der Waals surface area contributed by atoms with Crippen molar-refractivity contribution in [3.8, 4) is 11.5 Å². The third-order valence-corrected chi connectivity index (χ3v) is 6.20. The van der Waals surface area contributed by atoms with Gasteiger partial charge < -0.3 is 19.1 Å². The first-order chi connectivity index (χ1) is 17.0. The molecule has 0 saturated heterocycles. The molecule has 1 N–H and O–H groups in total. The first-order valence-corrected chi connectivity index (χ1v) is 12.3. The fourth-order valence-electron chi connectivity index (χ4n) is 3.32. The van der Waals surface area contributed by atoms with Gasteiger partial charge in [0.2, 0.25) is 0 Å². The van der Waals surface area contributed by atoms with Crippen molar-refractivity contribution >= 4 is 21.8 Å². The van der Waals surface area contributed by atoms with Crippen LogP contribution in [0.2, 0.25) is 0 Å². The first kappa shape index (κ1) is 26.9. The molecule has 0 spiro atoms. The SMILES string of the molecule is COc1ccc(CN(CC(C)C)C(=O)Nc2ccc(F)cc2F)cc1OS(=O)(=O)c1ccc(F)cc1. The number of benzene rings is 3. The maximum atomic E-state index is 14.0. The molecule has 36 heavy (non-hydrogen) atoms. The number of amides is 2. The van der Waals surface area contributed by atoms with Gasteiger partial charge in [-0.15, -0.1) is 0 Å². The maximum absolute atomic E-state index is 14.0. The first-order valence-electron chi connectivity index (χ1n) is 10.9. The van der Waals surface area contributed by atoms with Crippen molar-refractivity contribution in [3.05, 3.63) is 83.7 Å². The van der Waals surface area contributed by atoms with Crippen molar-refractivity contribution in [2.45, 2.75) is 25.3 Å². The normalized spacial score (nSPS) is 11.3. The fourth-order valence-corrected chi connectivity index (χ4v) is 4.25. The third-order valence-electron chi connectivity index (χ3n) is 4.95. The predicted molar refractivity (Wildman–Crippen MR) is 128 cm³/mol. The van der Waals surface area contributed by atoms with Gasteiger partial charge in [-0.3, -0.25) is 0 Å². The molecule has 11 heteroatoms. The summed E-state index contributed by atoms with van der Waals surface area (Å²) < 4.78 is 76.3. The number of rotatable bonds is 9. The molecule has 0 aromatic heterocycles. The van der Waals surface area contributed by atoms with Gasteiger partial charge >= 0.3 is 16.1 Å². The lowest BCUT2D eigenvalue weighted by molar-refractivity contribution is 0.201. The smallest absolute Gasteiger partial charge is 0.339 e. The maximum Gasteiger partial charge on any atom is 0.339 e. The number of nitrogens with zero attached hydrogens (tertiary/aromatic N) is 1. The lowest BCUT2D eigenvalue weighted by Gasteiger charge is -2.25. The second-order valence-corrected chi connectivity index (χ2v) is 9.85. The highest BCUT2D eigenvalue weighted by atomic mass is 32.2. The highest BCUT2D eigenvalue weighted by Gasteiger charge is 2.22. The molecule has 0 aliphatic heterocycles. The van der Waals surface area contributed by atoms with Gasteiger partial charge in [0.15, 0.2) is 11.5 Å². The molecule has 7 nitrogen and oxygen atoms in total. The molecule has 3 rings (SSSR count). The Labute approximate surface area is 207 Å². The number of nitrogens with one attached hydrogen (secondary N) is 1. The van der Waals surface area contributed by atoms with Crippen molar-refractivity contribution < 1.29 is 35.3 Å². The zero-order valence-electron chi connectivity index (χ0n) is 19.8. The van der Waals surface area contributed by atoms with E-state index in [1.54, 1.807) is 6.07 Å². The van der Waals surface area contributed by atoms with E-state index in [1.165, 1.54) is 24.1 Å². The summed E-state index contributed by atoms with van der Waals surface area (Å²) in [5, 5.41) is 2.43. The molecule has 0 bridgehead atoms. The molecule has 0 aliphatic rings. The number of carbonyl (C=O) groups excluding carboxylic acids is 1. The number of anilines is 1. The summed E-state index contributed by atoms with van der Waals surface area (Å²) in [5.41, 5.74) is 0.315. The second kappa shape index (κ2) is 11.3. The molecule has 0 atom stereocenters. The Balaban J connectivity index is 1.86. The summed E-state index contributed by atoms with van der Waals surface area (Å²) in [7, 11) is -2.97. The van der Waals surface area contributed by atoms with Crippen molar-refractivity contribution in [3.63, 3.8) is 0 Å². The minimum Gasteiger partial charge on any atom is -0.493 e. The van der Waals surface area contributed by atoms with Crippen LogP contribution < -0.4 is 14.2 Å². The minimum atomic E-state index is -4.30. The number of carbonyl (C=O) groups is 1. The van der Waals surface area contributed by atoms with E-state index in [4.69, 9.17) is 8.92 Å². The van der Waals surface area contributed by atoms with Crippen LogP contribution in [0.4, 0.5) is 23.7 Å². The van der Waals surface area contributed by atoms with Crippen LogP contribution in [0.15, 0.2) is 65.6 Å². The van der Waals surface area contributed by atoms with Gasteiger partial charge in [0.05, 0.1) is 12.8 Å². The fraction of sp³-hybridized carbons (Fsp3) is 0.240. The number of hydrogen-bond donors (Lipinski definition) is 1. The van der Waals surface area contributed by atoms with E-state index in [0.717, 1.165) is 36.4 Å². The van der Waals surface area contributed by atoms with Crippen LogP contribution in [-0.2, 0) is 16.7 Å². The molecule has 3 aromatic rings. The summed E-state index contributed by atoms with van der Waals surface area (Å²) in [5.74, 6) is -2.25. The van der Waals surface area contributed by atoms with Crippen molar-refractivity contribution in [2.75, 3.05) is 19.0 Å². The lowest BCUT2D eigenvalue weighted by Crippen LogP contribution is -2.37. The molecule has 0 fully saturated rings. The third kappa shape index (κ3) is 6.91. The summed E-state index contributed by atoms with van der Waals surface area (Å²) in [6.07, 6.45) is 0. The van der Waals surface area contributed by atoms with Crippen LogP contribution in [0.25, 0.3) is 0 Å². The summed E-state index contributed by atoms with van der Waals surface area (Å²) >= 11 is 0. The zero-order valence-corrected chi connectivity index (χ0v) is 20.6. The topological polar surface area (TPSA) is 84.9 Å². The Bertz CT molecular complexity index is 1330. The predicted octanol–water partition coefficient (Wildman–Crippen LogP) is 5.57. The van der Waals surface area contributed by atoms with Gasteiger partial charge in [0, 0.05) is 19.2 Å². The van der Waals surface area contributed by atoms with Crippen molar-refractivity contribution in [1.82, 2.24) is 4.90 Å². The lowest BCUT2D eigenvalue weighted by atomic mass is 10.1. The molecule has 3 aromatic carbocycles. The van der Waals surface area contributed by atoms with Crippen LogP contribution >= 0.6 is 0 Å². The molecule has 0 aliphatic carbocycles. The van der Waals surface area contributed by atoms with E-state index in [1.807, 2.05) is 13.8 Å². The average Bonchev–Trinajstić information content (AvgIpc) is 2.80. The molecule has 0 radical (unpaired) electrons. The average molecular weight is 523 g/mol. The van der Waals surface area contributed by atoms with Crippen LogP contribution in [0.5, 0.6) is 11.5 Å². The van der Waals surface area contributed by atoms with Gasteiger partial charge in [-0.1, -0.05) is 19.9 Å². The van der Waals surface area contributed by atoms with E-state index in [-0.39, 0.29) is 41.1 Å². The van der Waals surface area contributed by atoms with Gasteiger partial charge in [0.1, 0.15) is 22.3 Å². The Morgan fingerprint density at radius 2 is 1.61 bits per heavy atom. The number of ether oxygens (including phenoxy) is 1. The van der Waals surface area contributed by atoms with E-state index in [0.29, 0.717) is 11.6 Å². The number of methoxy groups -OCH3 is 1. The Morgan fingerprint density at radius 1 is 0.944 bits per heavy atom. The molecule has 0 saturated carbocycles. The van der Waals surface area contributed by atoms with Gasteiger partial charge in [0.25, 0.3) is 0 Å². The highest BCUT2D eigenvalue weighted by Crippen LogP contribution is 2.31. The van der Waals surface area contributed by atoms with Gasteiger partial charge in [-0.2, -0.15) is 8.42 Å². The number of hydrogen-bond acceptors (Lipinski definition) is 5. The van der Waals surface area contributed by atoms with E-state index in [2.05, 4.69) is 5.32 Å². The summed E-state index contributed by atoms with van der Waals surface area (Å²) in [6, 6.07) is 10.8. The van der Waals surface area contributed by atoms with Crippen molar-refractivity contribution in [1.29, 1.82) is 0 Å². The minimum absolute atomic E-state index is 0.0176. The molecular weight excluding hydrogens is 497 g/mol. The molecule has 2 amide bonds. The number of urea groups is 1. The van der Waals surface area contributed by atoms with Crippen molar-refractivity contribution in [2.24, 2.45) is 5.92 Å². The van der Waals surface area contributed by atoms with Crippen LogP contribution in [0.1, 0.15) is 19.4 Å². The highest BCUT2D eigenvalue weighted by molar-refractivity contribution is 7.87. The standard InChI is InChI=1S/C25H25F3N2O5S/c1-16(2)14-30(25(31)29-22-10-7-19(27)13-21(22)28)15-17-4-11-23(34-3)24(12-17)35-36(32,33)20-8-5-18(26)6-9-20/h4-13,16H,14-15H2,1-3H3,(H,29,31). The van der Waals surface area contributed by atoms with Gasteiger partial charge in [-0.25, -0.2) is 18.0 Å². The largest absolute Gasteiger partial charge is 0.493 e. The zero-order chi connectivity index (χ0) is 26.5. The summed E-state index contributed by atoms with van der Waals surface area (Å²) in [6.45, 7) is 4.07. The van der Waals surface area contributed by atoms with Crippen LogP contribution in [0.3, 0.4) is 0 Å². The second-order valence-electron chi connectivity index (χ2n) is 8.31. The number of halogens is 3. The Morgan fingerprint density at radius 3 is 2.22 bits per heavy atom. The van der Waals surface area contributed by atoms with Crippen LogP contribution in [0, 0.1) is 23.4 Å². The Kier molecular flexibility index (Phi) is 8.46. The van der Waals surface area contributed by atoms with E-state index < -0.39 is 33.6 Å². The molecule has 0 unspecified atom stereocenters. The van der Waals surface area contributed by atoms with E-state index >= 15 is 0 Å². The quantitative estimate of drug-likeness (QED) is 0.372. The molecule has 192 valence electrons. The van der Waals surface area contributed by atoms with Gasteiger partial charge in [-0.05, 0) is 60.0 Å². The van der Waals surface area contributed by atoms with E-state index in [9.17, 15) is 26.4 Å². The Hall–Kier alpha value is -3.73. The van der Waals surface area contributed by atoms with Crippen LogP contribution in [-0.4, -0.2) is 33.0 Å². The summed E-state index contributed by atoms with van der Waals surface area (Å²) in [4.78, 5) is 14.1. The monoisotopic (exact) mass is 522 g/mol. The molecular formula is C25H25F3N2O5S. The molecule has 0 heterocycles.